The van der Waals surface area contributed by atoms with Crippen molar-refractivity contribution in [3.63, 3.8) is 0 Å². The predicted molar refractivity (Wildman–Crippen MR) is 188 cm³/mol. The second-order valence-electron chi connectivity index (χ2n) is 12.3. The maximum atomic E-state index is 12.3. The highest BCUT2D eigenvalue weighted by molar-refractivity contribution is 5.76. The number of carbonyl (C=O) groups excluding carboxylic acids is 1. The van der Waals surface area contributed by atoms with Gasteiger partial charge in [0.05, 0.1) is 18.8 Å². The van der Waals surface area contributed by atoms with E-state index < -0.39 is 12.1 Å². The van der Waals surface area contributed by atoms with Crippen molar-refractivity contribution < 1.29 is 15.0 Å². The van der Waals surface area contributed by atoms with Crippen LogP contribution in [0.3, 0.4) is 0 Å². The normalized spacial score (nSPS) is 13.7. The minimum Gasteiger partial charge on any atom is -0.394 e. The number of hydrogen-bond acceptors (Lipinski definition) is 3. The molecule has 0 saturated heterocycles. The standard InChI is InChI=1S/C39H71NO3/c1-3-5-7-9-11-13-15-17-18-19-20-21-22-23-25-27-29-31-33-35-39(43)40-37(36-41)38(42)34-32-30-28-26-24-16-14-12-10-8-6-4-2/h11,13,15,17,24,26,32,34,37-38,41-42H,3-10,12,14,16,18-23,25,27-31,33,35-36H2,1-2H3,(H,40,43)/b13-11-,17-15-,26-24+,34-32+. The van der Waals surface area contributed by atoms with Crippen molar-refractivity contribution in [2.24, 2.45) is 0 Å². The van der Waals surface area contributed by atoms with Crippen LogP contribution in [0.5, 0.6) is 0 Å². The SMILES string of the molecule is CCCCC/C=C\C=C/CCCCCCCCCCCCC(=O)NC(CO)C(O)/C=C/CC/C=C/CCCCCCCC. The zero-order valence-electron chi connectivity index (χ0n) is 28.5. The van der Waals surface area contributed by atoms with Crippen LogP contribution in [0.2, 0.25) is 0 Å². The molecular weight excluding hydrogens is 530 g/mol. The number of allylic oxidation sites excluding steroid dienone is 7. The Hall–Kier alpha value is -1.65. The van der Waals surface area contributed by atoms with Gasteiger partial charge in [-0.2, -0.15) is 0 Å². The van der Waals surface area contributed by atoms with Crippen molar-refractivity contribution in [3.05, 3.63) is 48.6 Å². The second-order valence-corrected chi connectivity index (χ2v) is 12.3. The topological polar surface area (TPSA) is 69.6 Å². The van der Waals surface area contributed by atoms with Crippen molar-refractivity contribution in [1.29, 1.82) is 0 Å². The van der Waals surface area contributed by atoms with Gasteiger partial charge in [0.25, 0.3) is 0 Å². The fourth-order valence-corrected chi connectivity index (χ4v) is 5.18. The van der Waals surface area contributed by atoms with Gasteiger partial charge in [0.2, 0.25) is 5.91 Å². The smallest absolute Gasteiger partial charge is 0.220 e. The van der Waals surface area contributed by atoms with Gasteiger partial charge in [0.1, 0.15) is 0 Å². The molecule has 0 fully saturated rings. The van der Waals surface area contributed by atoms with Gasteiger partial charge in [0.15, 0.2) is 0 Å². The molecule has 2 atom stereocenters. The molecule has 2 unspecified atom stereocenters. The highest BCUT2D eigenvalue weighted by atomic mass is 16.3. The van der Waals surface area contributed by atoms with Crippen LogP contribution < -0.4 is 5.32 Å². The number of amides is 1. The molecule has 250 valence electrons. The van der Waals surface area contributed by atoms with Gasteiger partial charge >= 0.3 is 0 Å². The summed E-state index contributed by atoms with van der Waals surface area (Å²) in [7, 11) is 0. The van der Waals surface area contributed by atoms with E-state index in [-0.39, 0.29) is 12.5 Å². The Morgan fingerprint density at radius 1 is 0.558 bits per heavy atom. The summed E-state index contributed by atoms with van der Waals surface area (Å²) in [5.41, 5.74) is 0. The number of unbranched alkanes of at least 4 members (excludes halogenated alkanes) is 20. The maximum Gasteiger partial charge on any atom is 0.220 e. The Labute approximate surface area is 267 Å². The third-order valence-electron chi connectivity index (χ3n) is 8.06. The Morgan fingerprint density at radius 3 is 1.53 bits per heavy atom. The summed E-state index contributed by atoms with van der Waals surface area (Å²) in [5, 5.41) is 22.8. The van der Waals surface area contributed by atoms with E-state index in [0.29, 0.717) is 6.42 Å². The van der Waals surface area contributed by atoms with Crippen LogP contribution in [0.1, 0.15) is 174 Å². The van der Waals surface area contributed by atoms with E-state index in [1.54, 1.807) is 6.08 Å². The van der Waals surface area contributed by atoms with Gasteiger partial charge in [-0.25, -0.2) is 0 Å². The lowest BCUT2D eigenvalue weighted by atomic mass is 10.0. The third kappa shape index (κ3) is 31.6. The van der Waals surface area contributed by atoms with Crippen LogP contribution in [-0.2, 0) is 4.79 Å². The van der Waals surface area contributed by atoms with Crippen LogP contribution >= 0.6 is 0 Å². The van der Waals surface area contributed by atoms with Gasteiger partial charge in [0, 0.05) is 6.42 Å². The van der Waals surface area contributed by atoms with Crippen molar-refractivity contribution in [2.45, 2.75) is 187 Å². The Morgan fingerprint density at radius 2 is 0.977 bits per heavy atom. The highest BCUT2D eigenvalue weighted by Gasteiger charge is 2.17. The summed E-state index contributed by atoms with van der Waals surface area (Å²) in [5.74, 6) is -0.0815. The Balaban J connectivity index is 3.66. The van der Waals surface area contributed by atoms with Gasteiger partial charge in [-0.1, -0.05) is 159 Å². The van der Waals surface area contributed by atoms with Gasteiger partial charge in [-0.3, -0.25) is 4.79 Å². The summed E-state index contributed by atoms with van der Waals surface area (Å²) >= 11 is 0. The Kier molecular flexibility index (Phi) is 33.5. The highest BCUT2D eigenvalue weighted by Crippen LogP contribution is 2.13. The lowest BCUT2D eigenvalue weighted by Crippen LogP contribution is -2.45. The molecule has 0 bridgehead atoms. The molecule has 0 aliphatic carbocycles. The summed E-state index contributed by atoms with van der Waals surface area (Å²) < 4.78 is 0. The molecule has 4 nitrogen and oxygen atoms in total. The fraction of sp³-hybridized carbons (Fsp3) is 0.769. The van der Waals surface area contributed by atoms with Crippen LogP contribution in [0.15, 0.2) is 48.6 Å². The minimum absolute atomic E-state index is 0.0815. The van der Waals surface area contributed by atoms with E-state index in [9.17, 15) is 15.0 Å². The summed E-state index contributed by atoms with van der Waals surface area (Å²) in [6.45, 7) is 4.23. The number of aliphatic hydroxyl groups excluding tert-OH is 2. The average Bonchev–Trinajstić information content (AvgIpc) is 3.01. The molecule has 0 radical (unpaired) electrons. The molecule has 0 rings (SSSR count). The third-order valence-corrected chi connectivity index (χ3v) is 8.06. The molecule has 0 aromatic carbocycles. The maximum absolute atomic E-state index is 12.3. The largest absolute Gasteiger partial charge is 0.394 e. The van der Waals surface area contributed by atoms with Crippen molar-refractivity contribution in [2.75, 3.05) is 6.61 Å². The molecule has 4 heteroatoms. The molecule has 1 amide bonds. The predicted octanol–water partition coefficient (Wildman–Crippen LogP) is 10.8. The Bertz CT molecular complexity index is 697. The summed E-state index contributed by atoms with van der Waals surface area (Å²) in [6, 6.07) is -0.639. The van der Waals surface area contributed by atoms with E-state index >= 15 is 0 Å². The lowest BCUT2D eigenvalue weighted by molar-refractivity contribution is -0.123. The lowest BCUT2D eigenvalue weighted by Gasteiger charge is -2.19. The monoisotopic (exact) mass is 602 g/mol. The molecular formula is C39H71NO3. The fourth-order valence-electron chi connectivity index (χ4n) is 5.18. The molecule has 0 aliphatic rings. The van der Waals surface area contributed by atoms with Crippen LogP contribution in [0.25, 0.3) is 0 Å². The van der Waals surface area contributed by atoms with Crippen LogP contribution in [-0.4, -0.2) is 34.9 Å². The molecule has 0 spiro atoms. The minimum atomic E-state index is -0.861. The number of aliphatic hydroxyl groups is 2. The van der Waals surface area contributed by atoms with E-state index in [0.717, 1.165) is 32.1 Å². The first-order valence-electron chi connectivity index (χ1n) is 18.4. The molecule has 0 saturated carbocycles. The first kappa shape index (κ1) is 41.4. The first-order chi connectivity index (χ1) is 21.2. The number of hydrogen-bond donors (Lipinski definition) is 3. The van der Waals surface area contributed by atoms with Gasteiger partial charge in [-0.15, -0.1) is 0 Å². The van der Waals surface area contributed by atoms with E-state index in [4.69, 9.17) is 0 Å². The molecule has 0 aromatic rings. The quantitative estimate of drug-likeness (QED) is 0.0408. The number of nitrogens with one attached hydrogen (secondary N) is 1. The van der Waals surface area contributed by atoms with Crippen LogP contribution in [0.4, 0.5) is 0 Å². The zero-order chi connectivity index (χ0) is 31.5. The molecule has 0 aromatic heterocycles. The van der Waals surface area contributed by atoms with Gasteiger partial charge < -0.3 is 15.5 Å². The molecule has 43 heavy (non-hydrogen) atoms. The number of carbonyl (C=O) groups is 1. The average molecular weight is 602 g/mol. The van der Waals surface area contributed by atoms with E-state index in [1.165, 1.54) is 122 Å². The molecule has 0 heterocycles. The molecule has 3 N–H and O–H groups in total. The van der Waals surface area contributed by atoms with Crippen molar-refractivity contribution in [1.82, 2.24) is 5.32 Å². The van der Waals surface area contributed by atoms with Crippen molar-refractivity contribution in [3.8, 4) is 0 Å². The second kappa shape index (κ2) is 34.8. The summed E-state index contributed by atoms with van der Waals surface area (Å²) in [4.78, 5) is 12.3. The molecule has 0 aliphatic heterocycles. The van der Waals surface area contributed by atoms with Crippen molar-refractivity contribution >= 4 is 5.91 Å². The zero-order valence-corrected chi connectivity index (χ0v) is 28.5. The van der Waals surface area contributed by atoms with Gasteiger partial charge in [-0.05, 0) is 57.8 Å². The van der Waals surface area contributed by atoms with Crippen LogP contribution in [0, 0.1) is 0 Å². The first-order valence-corrected chi connectivity index (χ1v) is 18.4. The van der Waals surface area contributed by atoms with E-state index in [2.05, 4.69) is 55.6 Å². The number of rotatable bonds is 32. The van der Waals surface area contributed by atoms with E-state index in [1.807, 2.05) is 6.08 Å². The summed E-state index contributed by atoms with van der Waals surface area (Å²) in [6.07, 6.45) is 46.2.